The zero-order chi connectivity index (χ0) is 12.1. The van der Waals surface area contributed by atoms with Gasteiger partial charge in [-0.1, -0.05) is 6.07 Å². The van der Waals surface area contributed by atoms with Crippen LogP contribution in [0.15, 0.2) is 17.5 Å². The molecule has 1 N–H and O–H groups in total. The molecule has 1 amide bonds. The standard InChI is InChI=1S/C13H20N2OS/c1-2-15(11-5-6-11)13(16)10-14-8-7-12-4-3-9-17-12/h3-4,9,11,14H,2,5-8,10H2,1H3. The molecule has 1 saturated carbocycles. The minimum atomic E-state index is 0.251. The maximum Gasteiger partial charge on any atom is 0.236 e. The van der Waals surface area contributed by atoms with Crippen LogP contribution >= 0.6 is 11.3 Å². The fourth-order valence-corrected chi connectivity index (χ4v) is 2.70. The van der Waals surface area contributed by atoms with Gasteiger partial charge in [0.2, 0.25) is 5.91 Å². The highest BCUT2D eigenvalue weighted by Crippen LogP contribution is 2.26. The molecule has 0 aliphatic heterocycles. The van der Waals surface area contributed by atoms with E-state index >= 15 is 0 Å². The number of rotatable bonds is 7. The Morgan fingerprint density at radius 3 is 3.00 bits per heavy atom. The number of likely N-dealkylation sites (N-methyl/N-ethyl adjacent to an activating group) is 1. The van der Waals surface area contributed by atoms with Crippen molar-refractivity contribution in [1.29, 1.82) is 0 Å². The van der Waals surface area contributed by atoms with Crippen molar-refractivity contribution in [2.24, 2.45) is 0 Å². The Labute approximate surface area is 107 Å². The van der Waals surface area contributed by atoms with Crippen molar-refractivity contribution < 1.29 is 4.79 Å². The molecule has 1 fully saturated rings. The van der Waals surface area contributed by atoms with E-state index in [9.17, 15) is 4.79 Å². The van der Waals surface area contributed by atoms with Gasteiger partial charge in [-0.3, -0.25) is 4.79 Å². The van der Waals surface area contributed by atoms with E-state index < -0.39 is 0 Å². The van der Waals surface area contributed by atoms with Crippen LogP contribution in [0.2, 0.25) is 0 Å². The second-order valence-corrected chi connectivity index (χ2v) is 5.45. The van der Waals surface area contributed by atoms with Crippen LogP contribution in [0.4, 0.5) is 0 Å². The molecule has 0 unspecified atom stereocenters. The monoisotopic (exact) mass is 252 g/mol. The van der Waals surface area contributed by atoms with Crippen molar-refractivity contribution in [2.75, 3.05) is 19.6 Å². The molecule has 0 aromatic carbocycles. The zero-order valence-electron chi connectivity index (χ0n) is 10.3. The lowest BCUT2D eigenvalue weighted by molar-refractivity contribution is -0.130. The van der Waals surface area contributed by atoms with Crippen LogP contribution in [-0.4, -0.2) is 36.5 Å². The summed E-state index contributed by atoms with van der Waals surface area (Å²) in [6.45, 7) is 4.27. The van der Waals surface area contributed by atoms with E-state index in [0.717, 1.165) is 19.5 Å². The molecule has 0 saturated heterocycles. The fourth-order valence-electron chi connectivity index (χ4n) is 1.99. The third-order valence-electron chi connectivity index (χ3n) is 3.05. The molecule has 1 aromatic rings. The van der Waals surface area contributed by atoms with Crippen LogP contribution < -0.4 is 5.32 Å². The third-order valence-corrected chi connectivity index (χ3v) is 3.99. The van der Waals surface area contributed by atoms with E-state index in [1.54, 1.807) is 11.3 Å². The van der Waals surface area contributed by atoms with Crippen molar-refractivity contribution in [2.45, 2.75) is 32.2 Å². The Hall–Kier alpha value is -0.870. The minimum Gasteiger partial charge on any atom is -0.339 e. The summed E-state index contributed by atoms with van der Waals surface area (Å²) in [6, 6.07) is 4.74. The van der Waals surface area contributed by atoms with Crippen molar-refractivity contribution in [1.82, 2.24) is 10.2 Å². The second-order valence-electron chi connectivity index (χ2n) is 4.42. The van der Waals surface area contributed by atoms with E-state index in [2.05, 4.69) is 29.8 Å². The second kappa shape index (κ2) is 6.17. The topological polar surface area (TPSA) is 32.3 Å². The first-order chi connectivity index (χ1) is 8.31. The Balaban J connectivity index is 1.62. The molecule has 0 spiro atoms. The van der Waals surface area contributed by atoms with Gasteiger partial charge in [0.05, 0.1) is 6.54 Å². The molecule has 17 heavy (non-hydrogen) atoms. The first kappa shape index (κ1) is 12.6. The molecule has 1 aromatic heterocycles. The van der Waals surface area contributed by atoms with E-state index in [0.29, 0.717) is 12.6 Å². The highest BCUT2D eigenvalue weighted by atomic mass is 32.1. The highest BCUT2D eigenvalue weighted by molar-refractivity contribution is 7.09. The van der Waals surface area contributed by atoms with Crippen LogP contribution in [0, 0.1) is 0 Å². The number of carbonyl (C=O) groups is 1. The summed E-state index contributed by atoms with van der Waals surface area (Å²) in [6.07, 6.45) is 3.39. The first-order valence-corrected chi connectivity index (χ1v) is 7.21. The van der Waals surface area contributed by atoms with Crippen LogP contribution in [-0.2, 0) is 11.2 Å². The van der Waals surface area contributed by atoms with Crippen molar-refractivity contribution in [3.8, 4) is 0 Å². The van der Waals surface area contributed by atoms with Gasteiger partial charge >= 0.3 is 0 Å². The molecule has 0 bridgehead atoms. The number of thiophene rings is 1. The predicted octanol–water partition coefficient (Wildman–Crippen LogP) is 1.89. The van der Waals surface area contributed by atoms with E-state index in [1.807, 2.05) is 4.90 Å². The number of carbonyl (C=O) groups excluding carboxylic acids is 1. The molecule has 1 heterocycles. The molecule has 0 radical (unpaired) electrons. The summed E-state index contributed by atoms with van der Waals surface area (Å²) in [7, 11) is 0. The first-order valence-electron chi connectivity index (χ1n) is 6.34. The fraction of sp³-hybridized carbons (Fsp3) is 0.615. The van der Waals surface area contributed by atoms with Crippen LogP contribution in [0.5, 0.6) is 0 Å². The Morgan fingerprint density at radius 2 is 2.41 bits per heavy atom. The van der Waals surface area contributed by atoms with Gasteiger partial charge < -0.3 is 10.2 Å². The van der Waals surface area contributed by atoms with E-state index in [-0.39, 0.29) is 5.91 Å². The molecule has 94 valence electrons. The minimum absolute atomic E-state index is 0.251. The number of hydrogen-bond acceptors (Lipinski definition) is 3. The lowest BCUT2D eigenvalue weighted by atomic mass is 10.3. The predicted molar refractivity (Wildman–Crippen MR) is 71.3 cm³/mol. The number of amides is 1. The number of hydrogen-bond donors (Lipinski definition) is 1. The van der Waals surface area contributed by atoms with Crippen LogP contribution in [0.3, 0.4) is 0 Å². The normalized spacial score (nSPS) is 14.9. The average molecular weight is 252 g/mol. The molecule has 0 atom stereocenters. The van der Waals surface area contributed by atoms with Gasteiger partial charge in [0.1, 0.15) is 0 Å². The van der Waals surface area contributed by atoms with Gasteiger partial charge in [0.25, 0.3) is 0 Å². The van der Waals surface area contributed by atoms with Crippen LogP contribution in [0.1, 0.15) is 24.6 Å². The smallest absolute Gasteiger partial charge is 0.236 e. The lowest BCUT2D eigenvalue weighted by Crippen LogP contribution is -2.39. The number of nitrogens with zero attached hydrogens (tertiary/aromatic N) is 1. The van der Waals surface area contributed by atoms with Gasteiger partial charge in [0, 0.05) is 24.0 Å². The quantitative estimate of drug-likeness (QED) is 0.752. The molecule has 3 nitrogen and oxygen atoms in total. The van der Waals surface area contributed by atoms with Gasteiger partial charge in [0.15, 0.2) is 0 Å². The Morgan fingerprint density at radius 1 is 1.59 bits per heavy atom. The maximum absolute atomic E-state index is 11.9. The molecule has 1 aliphatic carbocycles. The summed E-state index contributed by atoms with van der Waals surface area (Å²) >= 11 is 1.77. The van der Waals surface area contributed by atoms with Gasteiger partial charge in [-0.25, -0.2) is 0 Å². The summed E-state index contributed by atoms with van der Waals surface area (Å²) in [5, 5.41) is 5.33. The molecule has 2 rings (SSSR count). The zero-order valence-corrected chi connectivity index (χ0v) is 11.1. The summed E-state index contributed by atoms with van der Waals surface area (Å²) in [5.74, 6) is 0.251. The molecular weight excluding hydrogens is 232 g/mol. The molecular formula is C13H20N2OS. The van der Waals surface area contributed by atoms with Crippen LogP contribution in [0.25, 0.3) is 0 Å². The number of nitrogens with one attached hydrogen (secondary N) is 1. The Kier molecular flexibility index (Phi) is 4.57. The third kappa shape index (κ3) is 3.82. The van der Waals surface area contributed by atoms with Crippen molar-refractivity contribution in [3.63, 3.8) is 0 Å². The van der Waals surface area contributed by atoms with Gasteiger partial charge in [-0.15, -0.1) is 11.3 Å². The lowest BCUT2D eigenvalue weighted by Gasteiger charge is -2.20. The highest BCUT2D eigenvalue weighted by Gasteiger charge is 2.30. The van der Waals surface area contributed by atoms with Crippen molar-refractivity contribution in [3.05, 3.63) is 22.4 Å². The molecule has 1 aliphatic rings. The summed E-state index contributed by atoms with van der Waals surface area (Å²) < 4.78 is 0. The SMILES string of the molecule is CCN(C(=O)CNCCc1cccs1)C1CC1. The van der Waals surface area contributed by atoms with Crippen molar-refractivity contribution >= 4 is 17.2 Å². The van der Waals surface area contributed by atoms with E-state index in [1.165, 1.54) is 17.7 Å². The Bertz CT molecular complexity index is 346. The maximum atomic E-state index is 11.9. The summed E-state index contributed by atoms with van der Waals surface area (Å²) in [4.78, 5) is 15.3. The van der Waals surface area contributed by atoms with Gasteiger partial charge in [-0.2, -0.15) is 0 Å². The summed E-state index contributed by atoms with van der Waals surface area (Å²) in [5.41, 5.74) is 0. The van der Waals surface area contributed by atoms with Gasteiger partial charge in [-0.05, 0) is 37.6 Å². The molecule has 4 heteroatoms. The largest absolute Gasteiger partial charge is 0.339 e. The van der Waals surface area contributed by atoms with E-state index in [4.69, 9.17) is 0 Å². The average Bonchev–Trinajstić information content (AvgIpc) is 3.02.